The molecule has 9 nitrogen and oxygen atoms in total. The van der Waals surface area contributed by atoms with Gasteiger partial charge in [-0.25, -0.2) is 15.5 Å². The molecule has 0 saturated carbocycles. The second kappa shape index (κ2) is 7.09. The standard InChI is InChI=1S/C15H13N5O4/c21-20(22)19-15(17-12-4-2-1-3-5-12)18-16-9-11-6-7-13-14(8-11)24-10-23-13/h1-9H,10H2,(H2,17,18,19)/b16-9-. The van der Waals surface area contributed by atoms with E-state index in [0.717, 1.165) is 5.56 Å². The van der Waals surface area contributed by atoms with E-state index in [1.54, 1.807) is 42.5 Å². The Morgan fingerprint density at radius 3 is 2.75 bits per heavy atom. The summed E-state index contributed by atoms with van der Waals surface area (Å²) in [6.45, 7) is 0.189. The number of nitrogens with zero attached hydrogens (tertiary/aromatic N) is 3. The molecule has 122 valence electrons. The lowest BCUT2D eigenvalue weighted by Gasteiger charge is -2.05. The molecule has 0 aliphatic carbocycles. The van der Waals surface area contributed by atoms with Crippen LogP contribution in [0.1, 0.15) is 5.56 Å². The van der Waals surface area contributed by atoms with Gasteiger partial charge >= 0.3 is 0 Å². The van der Waals surface area contributed by atoms with E-state index in [4.69, 9.17) is 9.47 Å². The van der Waals surface area contributed by atoms with Gasteiger partial charge in [-0.3, -0.25) is 0 Å². The van der Waals surface area contributed by atoms with Crippen LogP contribution in [0.2, 0.25) is 0 Å². The third-order valence-corrected chi connectivity index (χ3v) is 3.00. The Kier molecular flexibility index (Phi) is 4.52. The van der Waals surface area contributed by atoms with Crippen LogP contribution in [-0.2, 0) is 0 Å². The van der Waals surface area contributed by atoms with Crippen LogP contribution >= 0.6 is 0 Å². The molecule has 0 unspecified atom stereocenters. The zero-order chi connectivity index (χ0) is 16.8. The maximum absolute atomic E-state index is 10.6. The highest BCUT2D eigenvalue weighted by molar-refractivity contribution is 5.93. The Bertz CT molecular complexity index is 792. The molecule has 0 fully saturated rings. The fraction of sp³-hybridized carbons (Fsp3) is 0.0667. The van der Waals surface area contributed by atoms with Crippen molar-refractivity contribution in [2.45, 2.75) is 0 Å². The lowest BCUT2D eigenvalue weighted by atomic mass is 10.2. The van der Waals surface area contributed by atoms with Crippen molar-refractivity contribution in [3.63, 3.8) is 0 Å². The Morgan fingerprint density at radius 1 is 1.17 bits per heavy atom. The first kappa shape index (κ1) is 15.3. The molecule has 0 amide bonds. The molecule has 0 aromatic heterocycles. The summed E-state index contributed by atoms with van der Waals surface area (Å²) in [6.07, 6.45) is 1.49. The number of ether oxygens (including phenoxy) is 2. The summed E-state index contributed by atoms with van der Waals surface area (Å²) in [5.74, 6) is 1.19. The first-order valence-electron chi connectivity index (χ1n) is 6.94. The van der Waals surface area contributed by atoms with Gasteiger partial charge in [-0.15, -0.1) is 0 Å². The molecule has 3 rings (SSSR count). The van der Waals surface area contributed by atoms with Gasteiger partial charge in [0.15, 0.2) is 16.5 Å². The third kappa shape index (κ3) is 3.97. The van der Waals surface area contributed by atoms with Crippen molar-refractivity contribution < 1.29 is 14.5 Å². The maximum Gasteiger partial charge on any atom is 0.293 e. The molecular weight excluding hydrogens is 314 g/mol. The van der Waals surface area contributed by atoms with Crippen molar-refractivity contribution in [1.82, 2.24) is 5.43 Å². The SMILES string of the molecule is O=[N+]([O-])/N=C(\N/N=C\c1ccc2c(c1)OCO2)Nc1ccccc1. The van der Waals surface area contributed by atoms with Crippen LogP contribution in [0.5, 0.6) is 11.5 Å². The van der Waals surface area contributed by atoms with Crippen LogP contribution in [0.15, 0.2) is 58.7 Å². The minimum Gasteiger partial charge on any atom is -0.454 e. The fourth-order valence-electron chi connectivity index (χ4n) is 1.98. The molecule has 0 bridgehead atoms. The van der Waals surface area contributed by atoms with Crippen LogP contribution < -0.4 is 20.2 Å². The Hall–Kier alpha value is -3.62. The second-order valence-corrected chi connectivity index (χ2v) is 4.66. The topological polar surface area (TPSA) is 110 Å². The number of rotatable bonds is 4. The minimum absolute atomic E-state index is 0.108. The van der Waals surface area contributed by atoms with Gasteiger partial charge in [0, 0.05) is 5.69 Å². The Balaban J connectivity index is 1.68. The van der Waals surface area contributed by atoms with Crippen molar-refractivity contribution in [2.75, 3.05) is 12.1 Å². The summed E-state index contributed by atoms with van der Waals surface area (Å²) < 4.78 is 10.5. The van der Waals surface area contributed by atoms with E-state index in [1.807, 2.05) is 6.07 Å². The quantitative estimate of drug-likeness (QED) is 0.384. The van der Waals surface area contributed by atoms with E-state index < -0.39 is 5.03 Å². The number of guanidine groups is 1. The van der Waals surface area contributed by atoms with Crippen molar-refractivity contribution in [3.05, 3.63) is 64.2 Å². The average molecular weight is 327 g/mol. The Labute approximate surface area is 136 Å². The van der Waals surface area contributed by atoms with Gasteiger partial charge in [0.1, 0.15) is 5.10 Å². The molecule has 0 saturated heterocycles. The van der Waals surface area contributed by atoms with Crippen LogP contribution in [0.3, 0.4) is 0 Å². The smallest absolute Gasteiger partial charge is 0.293 e. The van der Waals surface area contributed by atoms with E-state index in [1.165, 1.54) is 6.21 Å². The van der Waals surface area contributed by atoms with Crippen LogP contribution in [0.25, 0.3) is 0 Å². The number of hydrogen-bond acceptors (Lipinski definition) is 5. The first-order chi connectivity index (χ1) is 11.7. The molecule has 2 aromatic carbocycles. The zero-order valence-corrected chi connectivity index (χ0v) is 12.4. The zero-order valence-electron chi connectivity index (χ0n) is 12.4. The van der Waals surface area contributed by atoms with Crippen molar-refractivity contribution in [1.29, 1.82) is 0 Å². The number of benzene rings is 2. The van der Waals surface area contributed by atoms with Gasteiger partial charge in [-0.1, -0.05) is 18.2 Å². The predicted molar refractivity (Wildman–Crippen MR) is 87.8 cm³/mol. The minimum atomic E-state index is -0.811. The summed E-state index contributed by atoms with van der Waals surface area (Å²) in [5, 5.41) is 19.7. The molecular formula is C15H13N5O4. The summed E-state index contributed by atoms with van der Waals surface area (Å²) in [5.41, 5.74) is 3.90. The maximum atomic E-state index is 10.6. The molecule has 1 aliphatic heterocycles. The molecule has 2 N–H and O–H groups in total. The monoisotopic (exact) mass is 327 g/mol. The van der Waals surface area contributed by atoms with E-state index in [9.17, 15) is 10.1 Å². The largest absolute Gasteiger partial charge is 0.454 e. The van der Waals surface area contributed by atoms with Gasteiger partial charge in [-0.05, 0) is 35.9 Å². The van der Waals surface area contributed by atoms with Crippen LogP contribution in [0, 0.1) is 10.1 Å². The van der Waals surface area contributed by atoms with Crippen molar-refractivity contribution in [3.8, 4) is 11.5 Å². The molecule has 24 heavy (non-hydrogen) atoms. The molecule has 1 aliphatic rings. The summed E-state index contributed by atoms with van der Waals surface area (Å²) in [7, 11) is 0. The molecule has 1 heterocycles. The highest BCUT2D eigenvalue weighted by Gasteiger charge is 2.12. The average Bonchev–Trinajstić information content (AvgIpc) is 3.03. The van der Waals surface area contributed by atoms with Crippen LogP contribution in [0.4, 0.5) is 5.69 Å². The second-order valence-electron chi connectivity index (χ2n) is 4.66. The van der Waals surface area contributed by atoms with E-state index >= 15 is 0 Å². The number of nitro groups is 1. The molecule has 0 atom stereocenters. The Morgan fingerprint density at radius 2 is 1.96 bits per heavy atom. The number of hydrazone groups is 2. The molecule has 0 radical (unpaired) electrons. The lowest BCUT2D eigenvalue weighted by molar-refractivity contribution is -0.485. The predicted octanol–water partition coefficient (Wildman–Crippen LogP) is 2.00. The number of nitrogens with one attached hydrogen (secondary N) is 2. The molecule has 2 aromatic rings. The number of para-hydroxylation sites is 1. The van der Waals surface area contributed by atoms with Crippen molar-refractivity contribution >= 4 is 17.9 Å². The first-order valence-corrected chi connectivity index (χ1v) is 6.94. The van der Waals surface area contributed by atoms with Gasteiger partial charge in [0.2, 0.25) is 6.79 Å². The molecule has 9 heteroatoms. The lowest BCUT2D eigenvalue weighted by Crippen LogP contribution is -2.27. The van der Waals surface area contributed by atoms with Gasteiger partial charge in [0.05, 0.1) is 6.21 Å². The number of anilines is 1. The van der Waals surface area contributed by atoms with Crippen molar-refractivity contribution in [2.24, 2.45) is 10.2 Å². The fourth-order valence-corrected chi connectivity index (χ4v) is 1.98. The van der Waals surface area contributed by atoms with Gasteiger partial charge in [0.25, 0.3) is 5.96 Å². The third-order valence-electron chi connectivity index (χ3n) is 3.00. The number of fused-ring (bicyclic) bond motifs is 1. The summed E-state index contributed by atoms with van der Waals surface area (Å²) >= 11 is 0. The molecule has 0 spiro atoms. The van der Waals surface area contributed by atoms with Gasteiger partial charge in [-0.2, -0.15) is 5.10 Å². The normalized spacial score (nSPS) is 13.1. The van der Waals surface area contributed by atoms with E-state index in [2.05, 4.69) is 20.9 Å². The highest BCUT2D eigenvalue weighted by atomic mass is 16.7. The van der Waals surface area contributed by atoms with E-state index in [-0.39, 0.29) is 12.8 Å². The summed E-state index contributed by atoms with van der Waals surface area (Å²) in [6, 6.07) is 14.2. The van der Waals surface area contributed by atoms with Gasteiger partial charge < -0.3 is 14.8 Å². The number of hydrogen-bond donors (Lipinski definition) is 2. The van der Waals surface area contributed by atoms with Crippen LogP contribution in [-0.4, -0.2) is 24.0 Å². The highest BCUT2D eigenvalue weighted by Crippen LogP contribution is 2.31. The summed E-state index contributed by atoms with van der Waals surface area (Å²) in [4.78, 5) is 10.6. The van der Waals surface area contributed by atoms with E-state index in [0.29, 0.717) is 17.2 Å².